The molecule has 1 aliphatic heterocycles. The van der Waals surface area contributed by atoms with E-state index in [4.69, 9.17) is 5.26 Å². The fraction of sp³-hybridized carbons (Fsp3) is 0.333. The topological polar surface area (TPSA) is 98.1 Å². The fourth-order valence-corrected chi connectivity index (χ4v) is 4.73. The molecule has 0 aliphatic carbocycles. The summed E-state index contributed by atoms with van der Waals surface area (Å²) in [6.45, 7) is 0.780. The third-order valence-corrected chi connectivity index (χ3v) is 6.95. The van der Waals surface area contributed by atoms with Crippen molar-refractivity contribution in [1.82, 2.24) is 15.6 Å². The maximum absolute atomic E-state index is 13.8. The second-order valence-electron chi connectivity index (χ2n) is 9.67. The molecule has 1 aromatic heterocycles. The Morgan fingerprint density at radius 1 is 1.02 bits per heavy atom. The number of benzene rings is 2. The van der Waals surface area contributed by atoms with Crippen LogP contribution in [0.15, 0.2) is 60.7 Å². The predicted octanol–water partition coefficient (Wildman–Crippen LogP) is 4.65. The van der Waals surface area contributed by atoms with Crippen LogP contribution in [-0.2, 0) is 28.6 Å². The maximum atomic E-state index is 13.8. The summed E-state index contributed by atoms with van der Waals surface area (Å²) < 4.78 is 41.5. The van der Waals surface area contributed by atoms with Crippen LogP contribution in [0, 0.1) is 11.3 Å². The number of nitrogens with zero attached hydrogens (tertiary/aromatic N) is 3. The highest BCUT2D eigenvalue weighted by Gasteiger charge is 2.36. The molecule has 208 valence electrons. The first-order valence-corrected chi connectivity index (χ1v) is 13.1. The van der Waals surface area contributed by atoms with Crippen molar-refractivity contribution in [3.63, 3.8) is 0 Å². The highest BCUT2D eigenvalue weighted by atomic mass is 19.4. The van der Waals surface area contributed by atoms with Gasteiger partial charge >= 0.3 is 6.18 Å². The van der Waals surface area contributed by atoms with Gasteiger partial charge in [-0.15, -0.1) is 0 Å². The molecule has 0 radical (unpaired) electrons. The van der Waals surface area contributed by atoms with Crippen molar-refractivity contribution in [2.24, 2.45) is 0 Å². The number of pyridine rings is 1. The number of carbonyl (C=O) groups excluding carboxylic acids is 2. The molecule has 1 aliphatic rings. The second-order valence-corrected chi connectivity index (χ2v) is 9.67. The molecule has 0 bridgehead atoms. The molecule has 10 heteroatoms. The quantitative estimate of drug-likeness (QED) is 0.405. The number of carbonyl (C=O) groups is 2. The number of hydrogen-bond acceptors (Lipinski definition) is 5. The van der Waals surface area contributed by atoms with Crippen LogP contribution in [0.25, 0.3) is 11.1 Å². The third-order valence-electron chi connectivity index (χ3n) is 6.95. The van der Waals surface area contributed by atoms with Crippen molar-refractivity contribution in [3.8, 4) is 17.2 Å². The van der Waals surface area contributed by atoms with E-state index < -0.39 is 17.9 Å². The largest absolute Gasteiger partial charge is 0.433 e. The third kappa shape index (κ3) is 7.17. The van der Waals surface area contributed by atoms with Crippen LogP contribution in [0.1, 0.15) is 41.6 Å². The Morgan fingerprint density at radius 2 is 1.70 bits per heavy atom. The lowest BCUT2D eigenvalue weighted by Gasteiger charge is -2.26. The van der Waals surface area contributed by atoms with E-state index in [1.807, 2.05) is 12.1 Å². The van der Waals surface area contributed by atoms with Gasteiger partial charge in [-0.1, -0.05) is 36.4 Å². The normalized spacial score (nSPS) is 15.0. The van der Waals surface area contributed by atoms with E-state index in [1.165, 1.54) is 0 Å². The number of hydrogen-bond donors (Lipinski definition) is 2. The molecule has 0 spiro atoms. The van der Waals surface area contributed by atoms with Gasteiger partial charge < -0.3 is 15.5 Å². The molecule has 1 fully saturated rings. The maximum Gasteiger partial charge on any atom is 0.433 e. The Morgan fingerprint density at radius 3 is 2.35 bits per heavy atom. The minimum atomic E-state index is -4.66. The average Bonchev–Trinajstić information content (AvgIpc) is 3.46. The van der Waals surface area contributed by atoms with Crippen LogP contribution < -0.4 is 15.5 Å². The SMILES string of the molecule is CNC(=O)CCc1ccc(-c2cc(N3CCC[C@H]3C(=O)NCCc3ccc(C#N)cc3)nc(C(F)(F)F)c2)cc1. The summed E-state index contributed by atoms with van der Waals surface area (Å²) in [6, 6.07) is 18.2. The number of nitrogens with one attached hydrogen (secondary N) is 2. The van der Waals surface area contributed by atoms with Gasteiger partial charge in [0, 0.05) is 26.6 Å². The van der Waals surface area contributed by atoms with E-state index in [0.717, 1.165) is 17.2 Å². The Balaban J connectivity index is 1.50. The summed E-state index contributed by atoms with van der Waals surface area (Å²) in [6.07, 6.45) is -2.09. The zero-order chi connectivity index (χ0) is 28.7. The molecule has 1 atom stereocenters. The summed E-state index contributed by atoms with van der Waals surface area (Å²) >= 11 is 0. The second kappa shape index (κ2) is 12.6. The van der Waals surface area contributed by atoms with Crippen molar-refractivity contribution in [1.29, 1.82) is 5.26 Å². The number of nitriles is 1. The van der Waals surface area contributed by atoms with Gasteiger partial charge in [0.05, 0.1) is 11.6 Å². The first-order valence-electron chi connectivity index (χ1n) is 13.1. The fourth-order valence-electron chi connectivity index (χ4n) is 4.73. The first-order chi connectivity index (χ1) is 19.2. The average molecular weight is 550 g/mol. The van der Waals surface area contributed by atoms with Gasteiger partial charge in [0.2, 0.25) is 11.8 Å². The zero-order valence-corrected chi connectivity index (χ0v) is 22.1. The summed E-state index contributed by atoms with van der Waals surface area (Å²) in [7, 11) is 1.57. The number of halogens is 3. The smallest absolute Gasteiger partial charge is 0.359 e. The van der Waals surface area contributed by atoms with Gasteiger partial charge in [-0.25, -0.2) is 4.98 Å². The zero-order valence-electron chi connectivity index (χ0n) is 22.1. The molecule has 2 aromatic carbocycles. The standard InChI is InChI=1S/C30H30F3N5O2/c1-35-28(39)13-10-20-8-11-23(12-9-20)24-17-26(30(31,32)33)37-27(18-24)38-16-2-3-25(38)29(40)36-15-14-21-4-6-22(19-34)7-5-21/h4-9,11-12,17-18,25H,2-3,10,13-16H2,1H3,(H,35,39)(H,36,40)/t25-/m0/s1. The van der Waals surface area contributed by atoms with Crippen LogP contribution in [0.4, 0.5) is 19.0 Å². The summed E-state index contributed by atoms with van der Waals surface area (Å²) in [4.78, 5) is 30.1. The van der Waals surface area contributed by atoms with E-state index in [2.05, 4.69) is 21.7 Å². The Bertz CT molecular complexity index is 1380. The van der Waals surface area contributed by atoms with E-state index in [1.54, 1.807) is 54.4 Å². The van der Waals surface area contributed by atoms with Crippen LogP contribution >= 0.6 is 0 Å². The van der Waals surface area contributed by atoms with Gasteiger partial charge in [0.25, 0.3) is 0 Å². The summed E-state index contributed by atoms with van der Waals surface area (Å²) in [5, 5.41) is 14.4. The molecule has 4 rings (SSSR count). The van der Waals surface area contributed by atoms with E-state index in [0.29, 0.717) is 61.9 Å². The highest BCUT2D eigenvalue weighted by Crippen LogP contribution is 2.35. The van der Waals surface area contributed by atoms with E-state index >= 15 is 0 Å². The van der Waals surface area contributed by atoms with Crippen LogP contribution in [0.2, 0.25) is 0 Å². The monoisotopic (exact) mass is 549 g/mol. The summed E-state index contributed by atoms with van der Waals surface area (Å²) in [5.41, 5.74) is 2.33. The van der Waals surface area contributed by atoms with Crippen LogP contribution in [0.5, 0.6) is 0 Å². The number of aromatic nitrogens is 1. The molecule has 0 saturated carbocycles. The molecular formula is C30H30F3N5O2. The lowest BCUT2D eigenvalue weighted by Crippen LogP contribution is -2.44. The minimum absolute atomic E-state index is 0.0869. The van der Waals surface area contributed by atoms with Gasteiger partial charge in [0.1, 0.15) is 17.6 Å². The van der Waals surface area contributed by atoms with Crippen molar-refractivity contribution in [3.05, 3.63) is 83.0 Å². The number of rotatable bonds is 9. The minimum Gasteiger partial charge on any atom is -0.359 e. The Hall–Kier alpha value is -4.39. The molecule has 1 saturated heterocycles. The van der Waals surface area contributed by atoms with E-state index in [9.17, 15) is 22.8 Å². The number of anilines is 1. The van der Waals surface area contributed by atoms with Crippen LogP contribution in [0.3, 0.4) is 0 Å². The molecule has 40 heavy (non-hydrogen) atoms. The molecule has 3 aromatic rings. The van der Waals surface area contributed by atoms with Gasteiger partial charge in [-0.05, 0) is 72.2 Å². The van der Waals surface area contributed by atoms with Crippen molar-refractivity contribution < 1.29 is 22.8 Å². The first kappa shape index (κ1) is 28.6. The predicted molar refractivity (Wildman–Crippen MR) is 145 cm³/mol. The van der Waals surface area contributed by atoms with Crippen molar-refractivity contribution in [2.75, 3.05) is 25.0 Å². The molecular weight excluding hydrogens is 519 g/mol. The van der Waals surface area contributed by atoms with Crippen molar-refractivity contribution in [2.45, 2.75) is 44.3 Å². The van der Waals surface area contributed by atoms with Crippen LogP contribution in [-0.4, -0.2) is 43.0 Å². The van der Waals surface area contributed by atoms with Gasteiger partial charge in [0.15, 0.2) is 0 Å². The van der Waals surface area contributed by atoms with Gasteiger partial charge in [-0.2, -0.15) is 18.4 Å². The lowest BCUT2D eigenvalue weighted by atomic mass is 10.0. The number of amides is 2. The molecule has 7 nitrogen and oxygen atoms in total. The highest BCUT2D eigenvalue weighted by molar-refractivity contribution is 5.86. The molecule has 2 amide bonds. The molecule has 0 unspecified atom stereocenters. The number of alkyl halides is 3. The Labute approximate surface area is 231 Å². The van der Waals surface area contributed by atoms with Crippen molar-refractivity contribution >= 4 is 17.6 Å². The summed E-state index contributed by atoms with van der Waals surface area (Å²) in [5.74, 6) is -0.234. The Kier molecular flexibility index (Phi) is 9.04. The lowest BCUT2D eigenvalue weighted by molar-refractivity contribution is -0.141. The molecule has 2 N–H and O–H groups in total. The molecule has 2 heterocycles. The van der Waals surface area contributed by atoms with E-state index in [-0.39, 0.29) is 17.6 Å². The van der Waals surface area contributed by atoms with Gasteiger partial charge in [-0.3, -0.25) is 9.59 Å². The number of aryl methyl sites for hydroxylation is 1.